The molecule has 678 valence electrons. The number of benzene rings is 23. The Bertz CT molecular complexity index is 9650. The summed E-state index contributed by atoms with van der Waals surface area (Å²) in [6.45, 7) is 0. The van der Waals surface area contributed by atoms with Crippen LogP contribution in [-0.2, 0) is 19.3 Å². The van der Waals surface area contributed by atoms with Crippen molar-refractivity contribution in [2.75, 3.05) is 0 Å². The summed E-state index contributed by atoms with van der Waals surface area (Å²) in [5, 5.41) is 10.2. The van der Waals surface area contributed by atoms with E-state index in [4.69, 9.17) is 0 Å². The first kappa shape index (κ1) is 84.3. The molecular weight excluding hydrogens is 1750 g/mol. The van der Waals surface area contributed by atoms with E-state index < -0.39 is 0 Å². The molecule has 0 amide bonds. The Labute approximate surface area is 842 Å². The second-order valence-electron chi connectivity index (χ2n) is 38.7. The van der Waals surface area contributed by atoms with Crippen LogP contribution in [0.15, 0.2) is 534 Å². The van der Waals surface area contributed by atoms with E-state index in [0.29, 0.717) is 0 Å². The van der Waals surface area contributed by atoms with Gasteiger partial charge in [0.05, 0.1) is 55.5 Å². The number of rotatable bonds is 13. The molecule has 145 heavy (non-hydrogen) atoms. The van der Waals surface area contributed by atoms with Crippen LogP contribution in [0.5, 0.6) is 0 Å². The van der Waals surface area contributed by atoms with E-state index in [-0.39, 0.29) is 0 Å². The second kappa shape index (κ2) is 35.2. The average Bonchev–Trinajstić information content (AvgIpc) is 1.58. The predicted octanol–water partition coefficient (Wildman–Crippen LogP) is 37.2. The lowest BCUT2D eigenvalue weighted by Crippen LogP contribution is -1.99. The van der Waals surface area contributed by atoms with Crippen LogP contribution >= 0.6 is 0 Å². The van der Waals surface area contributed by atoms with Crippen molar-refractivity contribution in [3.05, 3.63) is 567 Å². The van der Waals surface area contributed by atoms with Gasteiger partial charge in [0.15, 0.2) is 0 Å². The quantitative estimate of drug-likeness (QED) is 0.110. The molecule has 0 saturated heterocycles. The van der Waals surface area contributed by atoms with Gasteiger partial charge >= 0.3 is 0 Å². The van der Waals surface area contributed by atoms with Crippen LogP contribution in [0.2, 0.25) is 0 Å². The molecular formula is C141H94N4. The Morgan fingerprint density at radius 1 is 0.124 bits per heavy atom. The molecule has 3 aliphatic carbocycles. The minimum atomic E-state index is 0.875. The molecule has 0 spiro atoms. The van der Waals surface area contributed by atoms with Crippen LogP contribution in [0.4, 0.5) is 0 Å². The fraction of sp³-hybridized carbons (Fsp3) is 0.0213. The minimum absolute atomic E-state index is 0.875. The van der Waals surface area contributed by atoms with Crippen molar-refractivity contribution < 1.29 is 0 Å². The van der Waals surface area contributed by atoms with Crippen molar-refractivity contribution in [3.63, 3.8) is 0 Å². The van der Waals surface area contributed by atoms with Crippen LogP contribution in [0.25, 0.3) is 243 Å². The van der Waals surface area contributed by atoms with Crippen molar-refractivity contribution in [1.82, 2.24) is 18.3 Å². The van der Waals surface area contributed by atoms with E-state index in [1.54, 1.807) is 0 Å². The zero-order valence-electron chi connectivity index (χ0n) is 79.7. The summed E-state index contributed by atoms with van der Waals surface area (Å²) >= 11 is 0. The summed E-state index contributed by atoms with van der Waals surface area (Å²) in [5.41, 5.74) is 53.7. The third kappa shape index (κ3) is 14.5. The Morgan fingerprint density at radius 3 is 0.807 bits per heavy atom. The molecule has 0 radical (unpaired) electrons. The van der Waals surface area contributed by atoms with Crippen molar-refractivity contribution in [2.45, 2.75) is 19.3 Å². The molecule has 30 rings (SSSR count). The number of aromatic nitrogens is 4. The number of hydrogen-bond acceptors (Lipinski definition) is 0. The van der Waals surface area contributed by atoms with E-state index in [9.17, 15) is 0 Å². The molecule has 4 heterocycles. The molecule has 0 unspecified atom stereocenters. The highest BCUT2D eigenvalue weighted by Gasteiger charge is 2.31. The molecule has 4 heteroatoms. The van der Waals surface area contributed by atoms with Crippen LogP contribution in [0, 0.1) is 0 Å². The van der Waals surface area contributed by atoms with Gasteiger partial charge in [-0.15, -0.1) is 0 Å². The molecule has 0 aliphatic heterocycles. The van der Waals surface area contributed by atoms with Gasteiger partial charge < -0.3 is 18.3 Å². The van der Waals surface area contributed by atoms with E-state index in [0.717, 1.165) is 19.3 Å². The first-order valence-corrected chi connectivity index (χ1v) is 50.5. The maximum atomic E-state index is 2.50. The molecule has 0 atom stereocenters. The first-order valence-electron chi connectivity index (χ1n) is 50.5. The normalized spacial score (nSPS) is 12.1. The van der Waals surface area contributed by atoms with Gasteiger partial charge in [0.2, 0.25) is 0 Å². The Morgan fingerprint density at radius 2 is 0.386 bits per heavy atom. The van der Waals surface area contributed by atoms with E-state index in [2.05, 4.69) is 552 Å². The van der Waals surface area contributed by atoms with Crippen LogP contribution in [0.3, 0.4) is 0 Å². The lowest BCUT2D eigenvalue weighted by Gasteiger charge is -2.14. The number of nitrogens with zero attached hydrogens (tertiary/aromatic N) is 4. The van der Waals surface area contributed by atoms with Crippen molar-refractivity contribution >= 4 is 87.2 Å². The summed E-state index contributed by atoms with van der Waals surface area (Å²) < 4.78 is 9.81. The molecule has 0 fully saturated rings. The Balaban J connectivity index is 0.000000107. The van der Waals surface area contributed by atoms with Gasteiger partial charge in [-0.3, -0.25) is 0 Å². The lowest BCUT2D eigenvalue weighted by atomic mass is 9.92. The topological polar surface area (TPSA) is 19.7 Å². The highest BCUT2D eigenvalue weighted by Crippen LogP contribution is 2.52. The Kier molecular flexibility index (Phi) is 20.5. The third-order valence-electron chi connectivity index (χ3n) is 30.7. The molecule has 0 bridgehead atoms. The molecule has 23 aromatic carbocycles. The molecule has 4 nitrogen and oxygen atoms in total. The fourth-order valence-electron chi connectivity index (χ4n) is 24.0. The number of hydrogen-bond donors (Lipinski definition) is 0. The number of fused-ring (bicyclic) bond motifs is 21. The van der Waals surface area contributed by atoms with Gasteiger partial charge in [0.1, 0.15) is 0 Å². The van der Waals surface area contributed by atoms with Gasteiger partial charge in [-0.1, -0.05) is 431 Å². The standard InChI is InChI=1S/C55H36N2.2C43H29N/c1-2-13-36(14-3-1)37-27-29-38(30-28-37)39-15-10-16-40(33-39)42-20-11-21-43-44-22-12-26-54(50(44)35-48(42)43)57-53-25-9-6-19-47(53)49-34-41(31-32-55(49)57)56-51-23-7-4-17-45(51)46-18-5-8-24-52(46)56;1-2-11-29(12-3-1)30-23-25-31(26-24-30)32-13-8-14-33(27-32)35-18-9-15-34-28-39-38(43(34)35)19-10-22-42(39)44-40-20-6-4-16-36(40)37-17-5-7-21-41(37)44;1-2-10-29(11-3-1)30-20-22-31(23-21-30)32-12-8-13-33(26-32)36-16-9-17-37-40-28-35(25-24-34(40)27-41(36)37)44-42-18-6-4-14-38(42)39-15-5-7-19-43(39)44/h1-34H,35H2;1-27H,28H2;1-26,28H,27H2. The predicted molar refractivity (Wildman–Crippen MR) is 610 cm³/mol. The summed E-state index contributed by atoms with van der Waals surface area (Å²) in [6.07, 6.45) is 2.75. The van der Waals surface area contributed by atoms with Crippen molar-refractivity contribution in [2.24, 2.45) is 0 Å². The average molecular weight is 1840 g/mol. The van der Waals surface area contributed by atoms with Gasteiger partial charge in [-0.05, 0) is 276 Å². The molecule has 3 aliphatic rings. The molecule has 0 saturated carbocycles. The maximum absolute atomic E-state index is 2.50. The number of para-hydroxylation sites is 7. The summed E-state index contributed by atoms with van der Waals surface area (Å²) in [7, 11) is 0. The molecule has 27 aromatic rings. The zero-order valence-corrected chi connectivity index (χ0v) is 79.7. The SMILES string of the molecule is c1ccc(-c2ccc(-c3cccc(-c4cccc5c4-c4cccc(-n6c7ccccc7c7ccccc76)c4C5)c3)cc2)cc1.c1ccc(-c2ccc(-c3cccc(-c4cccc5c4Cc4c-5cccc4-n4c5ccccc5c5cc(-n6c7ccccc7c7ccccc76)ccc54)c3)cc2)cc1.c1ccc(-c2ccc(-c3cccc(-c4cccc5c4Cc4ccc(-n6c7ccccc7c7ccccc76)cc4-5)c3)cc2)cc1. The first-order chi connectivity index (χ1) is 71.9. The highest BCUT2D eigenvalue weighted by molar-refractivity contribution is 6.15. The van der Waals surface area contributed by atoms with Crippen LogP contribution < -0.4 is 0 Å². The maximum Gasteiger partial charge on any atom is 0.0542 e. The highest BCUT2D eigenvalue weighted by atomic mass is 15.0. The Hall–Kier alpha value is -18.7. The molecule has 0 N–H and O–H groups in total. The van der Waals surface area contributed by atoms with Crippen molar-refractivity contribution in [3.8, 4) is 156 Å². The second-order valence-corrected chi connectivity index (χ2v) is 38.7. The van der Waals surface area contributed by atoms with Gasteiger partial charge in [-0.2, -0.15) is 0 Å². The summed E-state index contributed by atoms with van der Waals surface area (Å²) in [4.78, 5) is 0. The van der Waals surface area contributed by atoms with Crippen LogP contribution in [-0.4, -0.2) is 18.3 Å². The van der Waals surface area contributed by atoms with Gasteiger partial charge in [-0.25, -0.2) is 0 Å². The summed E-state index contributed by atoms with van der Waals surface area (Å²) in [6, 6.07) is 195. The van der Waals surface area contributed by atoms with E-state index in [1.165, 1.54) is 277 Å². The van der Waals surface area contributed by atoms with Crippen LogP contribution in [0.1, 0.15) is 33.4 Å². The van der Waals surface area contributed by atoms with Gasteiger partial charge in [0, 0.05) is 67.3 Å². The molecule has 4 aromatic heterocycles. The zero-order chi connectivity index (χ0) is 95.5. The minimum Gasteiger partial charge on any atom is -0.309 e. The smallest absolute Gasteiger partial charge is 0.0542 e. The lowest BCUT2D eigenvalue weighted by molar-refractivity contribution is 1.12. The largest absolute Gasteiger partial charge is 0.309 e. The van der Waals surface area contributed by atoms with E-state index >= 15 is 0 Å². The fourth-order valence-corrected chi connectivity index (χ4v) is 24.0. The van der Waals surface area contributed by atoms with Gasteiger partial charge in [0.25, 0.3) is 0 Å². The summed E-state index contributed by atoms with van der Waals surface area (Å²) in [5.74, 6) is 0. The monoisotopic (exact) mass is 1840 g/mol. The van der Waals surface area contributed by atoms with E-state index in [1.807, 2.05) is 0 Å². The van der Waals surface area contributed by atoms with Crippen molar-refractivity contribution in [1.29, 1.82) is 0 Å². The third-order valence-corrected chi connectivity index (χ3v) is 30.7.